The highest BCUT2D eigenvalue weighted by Gasteiger charge is 2.28. The Morgan fingerprint density at radius 1 is 1.10 bits per heavy atom. The zero-order valence-electron chi connectivity index (χ0n) is 16.1. The molecule has 168 valence electrons. The molecule has 0 unspecified atom stereocenters. The first-order valence-corrected chi connectivity index (χ1v) is 8.90. The molecule has 1 aromatic heterocycles. The highest BCUT2D eigenvalue weighted by Crippen LogP contribution is 2.20. The molecule has 0 atom stereocenters. The van der Waals surface area contributed by atoms with Crippen molar-refractivity contribution in [3.8, 4) is 5.88 Å². The van der Waals surface area contributed by atoms with Crippen molar-refractivity contribution in [2.45, 2.75) is 19.5 Å². The average Bonchev–Trinajstić information content (AvgIpc) is 2.72. The Kier molecular flexibility index (Phi) is 7.83. The maximum atomic E-state index is 13.7. The number of pyridine rings is 1. The predicted molar refractivity (Wildman–Crippen MR) is 96.9 cm³/mol. The van der Waals surface area contributed by atoms with Gasteiger partial charge in [-0.25, -0.2) is 18.2 Å². The summed E-state index contributed by atoms with van der Waals surface area (Å²) >= 11 is 0. The van der Waals surface area contributed by atoms with Crippen LogP contribution in [-0.2, 0) is 4.79 Å². The monoisotopic (exact) mass is 449 g/mol. The van der Waals surface area contributed by atoms with Gasteiger partial charge in [-0.2, -0.15) is 13.2 Å². The van der Waals surface area contributed by atoms with Gasteiger partial charge in [0.1, 0.15) is 6.54 Å². The van der Waals surface area contributed by atoms with E-state index in [1.807, 2.05) is 0 Å². The van der Waals surface area contributed by atoms with Gasteiger partial charge in [-0.1, -0.05) is 6.92 Å². The summed E-state index contributed by atoms with van der Waals surface area (Å²) < 4.78 is 80.9. The molecule has 1 aromatic carbocycles. The molecular weight excluding hydrogens is 432 g/mol. The molecule has 31 heavy (non-hydrogen) atoms. The molecule has 1 N–H and O–H groups in total. The molecule has 2 rings (SSSR count). The number of amides is 2. The normalized spacial score (nSPS) is 11.2. The van der Waals surface area contributed by atoms with Crippen LogP contribution in [0.25, 0.3) is 0 Å². The molecule has 0 radical (unpaired) electrons. The smallest absolute Gasteiger partial charge is 0.422 e. The third kappa shape index (κ3) is 6.86. The van der Waals surface area contributed by atoms with E-state index in [1.54, 1.807) is 6.92 Å². The van der Waals surface area contributed by atoms with Crippen molar-refractivity contribution in [2.24, 2.45) is 0 Å². The molecule has 0 bridgehead atoms. The molecule has 0 fully saturated rings. The second kappa shape index (κ2) is 10.1. The summed E-state index contributed by atoms with van der Waals surface area (Å²) in [5.74, 6) is -6.64. The molecule has 2 amide bonds. The first-order valence-electron chi connectivity index (χ1n) is 8.90. The Hall–Kier alpha value is -3.31. The third-order valence-electron chi connectivity index (χ3n) is 3.79. The third-order valence-corrected chi connectivity index (χ3v) is 3.79. The fraction of sp³-hybridized carbons (Fsp3) is 0.316. The zero-order chi connectivity index (χ0) is 23.2. The standard InChI is InChI=1S/C19H17F6N3O3/c1-2-7-28(9-14(29)27-13-5-4-12(20)16(21)17(13)22)18(30)11-3-6-15(26-8-11)31-10-19(23,24)25/h3-6,8H,2,7,9-10H2,1H3,(H,27,29). The second-order valence-corrected chi connectivity index (χ2v) is 6.29. The number of benzene rings is 1. The maximum absolute atomic E-state index is 13.7. The first-order chi connectivity index (χ1) is 14.5. The second-order valence-electron chi connectivity index (χ2n) is 6.29. The largest absolute Gasteiger partial charge is 0.468 e. The van der Waals surface area contributed by atoms with Gasteiger partial charge in [-0.3, -0.25) is 9.59 Å². The number of aromatic nitrogens is 1. The van der Waals surface area contributed by atoms with Crippen molar-refractivity contribution in [1.29, 1.82) is 0 Å². The van der Waals surface area contributed by atoms with Crippen LogP contribution in [0.3, 0.4) is 0 Å². The van der Waals surface area contributed by atoms with Crippen LogP contribution in [0.1, 0.15) is 23.7 Å². The Balaban J connectivity index is 2.06. The number of nitrogens with zero attached hydrogens (tertiary/aromatic N) is 2. The number of anilines is 1. The minimum absolute atomic E-state index is 0.0281. The fourth-order valence-electron chi connectivity index (χ4n) is 2.44. The van der Waals surface area contributed by atoms with Gasteiger partial charge in [-0.05, 0) is 24.6 Å². The summed E-state index contributed by atoms with van der Waals surface area (Å²) in [5.41, 5.74) is -0.625. The summed E-state index contributed by atoms with van der Waals surface area (Å²) in [6.07, 6.45) is -3.11. The predicted octanol–water partition coefficient (Wildman–Crippen LogP) is 3.93. The van der Waals surface area contributed by atoms with E-state index < -0.39 is 54.3 Å². The Morgan fingerprint density at radius 3 is 2.39 bits per heavy atom. The topological polar surface area (TPSA) is 71.5 Å². The van der Waals surface area contributed by atoms with Crippen molar-refractivity contribution in [3.05, 3.63) is 53.5 Å². The number of hydrogen-bond acceptors (Lipinski definition) is 4. The quantitative estimate of drug-likeness (QED) is 0.490. The lowest BCUT2D eigenvalue weighted by molar-refractivity contribution is -0.154. The van der Waals surface area contributed by atoms with E-state index in [1.165, 1.54) is 6.07 Å². The molecule has 0 aliphatic carbocycles. The first kappa shape index (κ1) is 24.0. The van der Waals surface area contributed by atoms with Crippen molar-refractivity contribution < 1.29 is 40.7 Å². The van der Waals surface area contributed by atoms with Gasteiger partial charge in [0.05, 0.1) is 11.3 Å². The van der Waals surface area contributed by atoms with Crippen LogP contribution in [0.5, 0.6) is 5.88 Å². The summed E-state index contributed by atoms with van der Waals surface area (Å²) in [4.78, 5) is 29.5. The molecule has 0 aliphatic rings. The molecule has 6 nitrogen and oxygen atoms in total. The number of carbonyl (C=O) groups excluding carboxylic acids is 2. The molecule has 12 heteroatoms. The minimum atomic E-state index is -4.55. The number of nitrogens with one attached hydrogen (secondary N) is 1. The van der Waals surface area contributed by atoms with Crippen LogP contribution in [0.15, 0.2) is 30.5 Å². The molecular formula is C19H17F6N3O3. The van der Waals surface area contributed by atoms with Crippen molar-refractivity contribution >= 4 is 17.5 Å². The van der Waals surface area contributed by atoms with Gasteiger partial charge in [0, 0.05) is 18.8 Å². The van der Waals surface area contributed by atoms with E-state index in [9.17, 15) is 35.9 Å². The van der Waals surface area contributed by atoms with Gasteiger partial charge in [-0.15, -0.1) is 0 Å². The summed E-state index contributed by atoms with van der Waals surface area (Å²) in [5, 5.41) is 2.06. The number of alkyl halides is 3. The average molecular weight is 449 g/mol. The summed E-state index contributed by atoms with van der Waals surface area (Å²) in [6, 6.07) is 3.72. The maximum Gasteiger partial charge on any atom is 0.422 e. The van der Waals surface area contributed by atoms with Crippen LogP contribution in [0.4, 0.5) is 32.0 Å². The van der Waals surface area contributed by atoms with E-state index in [0.717, 1.165) is 23.2 Å². The highest BCUT2D eigenvalue weighted by molar-refractivity contribution is 5.99. The van der Waals surface area contributed by atoms with E-state index in [4.69, 9.17) is 0 Å². The van der Waals surface area contributed by atoms with Crippen molar-refractivity contribution in [1.82, 2.24) is 9.88 Å². The molecule has 0 aliphatic heterocycles. The van der Waals surface area contributed by atoms with Gasteiger partial charge in [0.2, 0.25) is 11.8 Å². The Bertz CT molecular complexity index is 935. The van der Waals surface area contributed by atoms with Gasteiger partial charge >= 0.3 is 6.18 Å². The van der Waals surface area contributed by atoms with Crippen molar-refractivity contribution in [2.75, 3.05) is 25.0 Å². The number of hydrogen-bond donors (Lipinski definition) is 1. The van der Waals surface area contributed by atoms with Crippen LogP contribution in [-0.4, -0.2) is 47.6 Å². The zero-order valence-corrected chi connectivity index (χ0v) is 16.1. The lowest BCUT2D eigenvalue weighted by atomic mass is 10.2. The lowest BCUT2D eigenvalue weighted by Gasteiger charge is -2.21. The van der Waals surface area contributed by atoms with Crippen LogP contribution in [0, 0.1) is 17.5 Å². The molecule has 2 aromatic rings. The van der Waals surface area contributed by atoms with E-state index in [0.29, 0.717) is 12.5 Å². The molecule has 1 heterocycles. The van der Waals surface area contributed by atoms with Crippen LogP contribution in [0.2, 0.25) is 0 Å². The number of ether oxygens (including phenoxy) is 1. The van der Waals surface area contributed by atoms with E-state index >= 15 is 0 Å². The number of carbonyl (C=O) groups is 2. The van der Waals surface area contributed by atoms with Gasteiger partial charge in [0.25, 0.3) is 5.91 Å². The lowest BCUT2D eigenvalue weighted by Crippen LogP contribution is -2.38. The molecule has 0 saturated heterocycles. The van der Waals surface area contributed by atoms with Crippen LogP contribution < -0.4 is 10.1 Å². The molecule has 0 spiro atoms. The van der Waals surface area contributed by atoms with E-state index in [2.05, 4.69) is 15.0 Å². The molecule has 0 saturated carbocycles. The highest BCUT2D eigenvalue weighted by atomic mass is 19.4. The van der Waals surface area contributed by atoms with Gasteiger partial charge in [0.15, 0.2) is 24.1 Å². The van der Waals surface area contributed by atoms with Crippen molar-refractivity contribution in [3.63, 3.8) is 0 Å². The van der Waals surface area contributed by atoms with E-state index in [-0.39, 0.29) is 18.0 Å². The minimum Gasteiger partial charge on any atom is -0.468 e. The fourth-order valence-corrected chi connectivity index (χ4v) is 2.44. The SMILES string of the molecule is CCCN(CC(=O)Nc1ccc(F)c(F)c1F)C(=O)c1ccc(OCC(F)(F)F)nc1. The Morgan fingerprint density at radius 2 is 1.81 bits per heavy atom. The van der Waals surface area contributed by atoms with Crippen LogP contribution >= 0.6 is 0 Å². The number of rotatable bonds is 8. The Labute approximate surface area is 172 Å². The number of halogens is 6. The summed E-state index contributed by atoms with van der Waals surface area (Å²) in [7, 11) is 0. The van der Waals surface area contributed by atoms with Gasteiger partial charge < -0.3 is 15.0 Å². The summed E-state index contributed by atoms with van der Waals surface area (Å²) in [6.45, 7) is -0.258.